The van der Waals surface area contributed by atoms with Crippen molar-refractivity contribution in [3.8, 4) is 5.75 Å². The molecule has 1 aromatic heterocycles. The molecule has 2 N–H and O–H groups in total. The molecule has 7 nitrogen and oxygen atoms in total. The highest BCUT2D eigenvalue weighted by Gasteiger charge is 2.14. The first-order chi connectivity index (χ1) is 11.6. The lowest BCUT2D eigenvalue weighted by Gasteiger charge is -2.17. The van der Waals surface area contributed by atoms with E-state index < -0.39 is 6.03 Å². The molecular weight excluding hydrogens is 306 g/mol. The highest BCUT2D eigenvalue weighted by Crippen LogP contribution is 2.23. The number of pyridine rings is 1. The number of hydrogen-bond donors (Lipinski definition) is 2. The molecule has 2 amide bonds. The number of aromatic nitrogens is 1. The van der Waals surface area contributed by atoms with E-state index in [0.29, 0.717) is 12.3 Å². The van der Waals surface area contributed by atoms with E-state index in [9.17, 15) is 4.79 Å². The summed E-state index contributed by atoms with van der Waals surface area (Å²) in [5, 5.41) is 6.74. The fourth-order valence-corrected chi connectivity index (χ4v) is 2.23. The van der Waals surface area contributed by atoms with Crippen molar-refractivity contribution in [2.75, 3.05) is 12.4 Å². The third-order valence-electron chi connectivity index (χ3n) is 3.63. The average Bonchev–Trinajstić information content (AvgIpc) is 2.60. The van der Waals surface area contributed by atoms with Gasteiger partial charge in [0.05, 0.1) is 5.69 Å². The van der Waals surface area contributed by atoms with Crippen molar-refractivity contribution in [1.82, 2.24) is 9.99 Å². The molecule has 0 radical (unpaired) electrons. The largest absolute Gasteiger partial charge is 0.488 e. The van der Waals surface area contributed by atoms with E-state index in [1.54, 1.807) is 12.3 Å². The number of anilines is 1. The highest BCUT2D eigenvalue weighted by atomic mass is 16.5. The van der Waals surface area contributed by atoms with Gasteiger partial charge in [0.1, 0.15) is 12.4 Å². The molecule has 1 heterocycles. The van der Waals surface area contributed by atoms with Crippen LogP contribution in [0.1, 0.15) is 23.7 Å². The van der Waals surface area contributed by atoms with Crippen LogP contribution >= 0.6 is 0 Å². The number of carbonyl (C=O) groups excluding carboxylic acids is 1. The van der Waals surface area contributed by atoms with E-state index in [0.717, 1.165) is 34.0 Å². The topological polar surface area (TPSA) is 90.7 Å². The Kier molecular flexibility index (Phi) is 5.83. The third-order valence-corrected chi connectivity index (χ3v) is 3.63. The van der Waals surface area contributed by atoms with Gasteiger partial charge in [-0.05, 0) is 31.0 Å². The SMILES string of the molecule is CCc1nccc(NC(=O)N(C)N=N)c1COc1ccccc1C. The first-order valence-electron chi connectivity index (χ1n) is 7.64. The highest BCUT2D eigenvalue weighted by molar-refractivity contribution is 5.89. The molecule has 0 aliphatic carbocycles. The number of urea groups is 1. The van der Waals surface area contributed by atoms with E-state index in [-0.39, 0.29) is 0 Å². The van der Waals surface area contributed by atoms with Gasteiger partial charge in [-0.2, -0.15) is 10.5 Å². The van der Waals surface area contributed by atoms with Crippen molar-refractivity contribution >= 4 is 11.7 Å². The zero-order chi connectivity index (χ0) is 17.5. The van der Waals surface area contributed by atoms with Gasteiger partial charge in [0.25, 0.3) is 0 Å². The molecule has 0 bridgehead atoms. The van der Waals surface area contributed by atoms with Gasteiger partial charge in [-0.1, -0.05) is 30.3 Å². The van der Waals surface area contributed by atoms with Crippen LogP contribution in [0.3, 0.4) is 0 Å². The van der Waals surface area contributed by atoms with Gasteiger partial charge in [-0.3, -0.25) is 4.98 Å². The second kappa shape index (κ2) is 8.05. The molecule has 2 rings (SSSR count). The van der Waals surface area contributed by atoms with E-state index >= 15 is 0 Å². The number of carbonyl (C=O) groups is 1. The van der Waals surface area contributed by atoms with Crippen molar-refractivity contribution < 1.29 is 9.53 Å². The van der Waals surface area contributed by atoms with Gasteiger partial charge >= 0.3 is 6.03 Å². The maximum atomic E-state index is 12.0. The smallest absolute Gasteiger partial charge is 0.343 e. The molecule has 7 heteroatoms. The Balaban J connectivity index is 2.25. The number of aryl methyl sites for hydroxylation is 2. The van der Waals surface area contributed by atoms with Crippen LogP contribution in [-0.4, -0.2) is 23.1 Å². The second-order valence-corrected chi connectivity index (χ2v) is 5.25. The van der Waals surface area contributed by atoms with Crippen molar-refractivity contribution in [3.63, 3.8) is 0 Å². The summed E-state index contributed by atoms with van der Waals surface area (Å²) in [7, 11) is 1.41. The predicted octanol–water partition coefficient (Wildman–Crippen LogP) is 3.94. The lowest BCUT2D eigenvalue weighted by atomic mass is 10.1. The summed E-state index contributed by atoms with van der Waals surface area (Å²) in [6.45, 7) is 4.27. The van der Waals surface area contributed by atoms with Gasteiger partial charge < -0.3 is 10.1 Å². The minimum atomic E-state index is -0.490. The minimum Gasteiger partial charge on any atom is -0.488 e. The number of rotatable bonds is 6. The maximum absolute atomic E-state index is 12.0. The van der Waals surface area contributed by atoms with Gasteiger partial charge in [0.15, 0.2) is 0 Å². The van der Waals surface area contributed by atoms with Gasteiger partial charge in [0.2, 0.25) is 0 Å². The predicted molar refractivity (Wildman–Crippen MR) is 91.1 cm³/mol. The fraction of sp³-hybridized carbons (Fsp3) is 0.294. The first kappa shape index (κ1) is 17.4. The quantitative estimate of drug-likeness (QED) is 0.622. The zero-order valence-electron chi connectivity index (χ0n) is 14.0. The van der Waals surface area contributed by atoms with Crippen LogP contribution in [0.25, 0.3) is 0 Å². The Morgan fingerprint density at radius 1 is 1.38 bits per heavy atom. The van der Waals surface area contributed by atoms with Crippen molar-refractivity contribution in [2.24, 2.45) is 5.22 Å². The van der Waals surface area contributed by atoms with E-state index in [2.05, 4.69) is 15.5 Å². The van der Waals surface area contributed by atoms with Crippen LogP contribution in [0.4, 0.5) is 10.5 Å². The first-order valence-corrected chi connectivity index (χ1v) is 7.64. The van der Waals surface area contributed by atoms with Crippen LogP contribution < -0.4 is 10.1 Å². The van der Waals surface area contributed by atoms with Crippen molar-refractivity contribution in [2.45, 2.75) is 26.9 Å². The van der Waals surface area contributed by atoms with Crippen LogP contribution in [0.15, 0.2) is 41.8 Å². The summed E-state index contributed by atoms with van der Waals surface area (Å²) in [6, 6.07) is 8.98. The summed E-state index contributed by atoms with van der Waals surface area (Å²) >= 11 is 0. The second-order valence-electron chi connectivity index (χ2n) is 5.25. The maximum Gasteiger partial charge on any atom is 0.343 e. The van der Waals surface area contributed by atoms with Crippen LogP contribution in [0.2, 0.25) is 0 Å². The molecule has 1 aromatic carbocycles. The third kappa shape index (κ3) is 4.07. The molecule has 0 saturated heterocycles. The summed E-state index contributed by atoms with van der Waals surface area (Å²) in [5.74, 6) is 0.791. The van der Waals surface area contributed by atoms with E-state index in [1.165, 1.54) is 7.05 Å². The molecule has 24 heavy (non-hydrogen) atoms. The normalized spacial score (nSPS) is 10.1. The Morgan fingerprint density at radius 3 is 2.79 bits per heavy atom. The Labute approximate surface area is 141 Å². The molecule has 2 aromatic rings. The van der Waals surface area contributed by atoms with Crippen molar-refractivity contribution in [3.05, 3.63) is 53.3 Å². The minimum absolute atomic E-state index is 0.291. The molecular formula is C17H21N5O2. The molecule has 0 fully saturated rings. The molecule has 0 spiro atoms. The average molecular weight is 327 g/mol. The lowest BCUT2D eigenvalue weighted by Crippen LogP contribution is -2.27. The number of amides is 2. The number of nitrogens with one attached hydrogen (secondary N) is 2. The number of ether oxygens (including phenoxy) is 1. The molecule has 126 valence electrons. The number of hydrogen-bond acceptors (Lipinski definition) is 5. The van der Waals surface area contributed by atoms with E-state index in [4.69, 9.17) is 10.3 Å². The molecule has 0 unspecified atom stereocenters. The molecule has 0 atom stereocenters. The summed E-state index contributed by atoms with van der Waals surface area (Å²) in [4.78, 5) is 16.3. The van der Waals surface area contributed by atoms with Crippen LogP contribution in [0.5, 0.6) is 5.75 Å². The number of para-hydroxylation sites is 1. The summed E-state index contributed by atoms with van der Waals surface area (Å²) in [5.41, 5.74) is 10.2. The number of benzene rings is 1. The molecule has 0 saturated carbocycles. The molecule has 0 aliphatic rings. The molecule has 0 aliphatic heterocycles. The lowest BCUT2D eigenvalue weighted by molar-refractivity contribution is 0.220. The zero-order valence-corrected chi connectivity index (χ0v) is 14.0. The van der Waals surface area contributed by atoms with Gasteiger partial charge in [0, 0.05) is 24.5 Å². The Bertz CT molecular complexity index is 733. The van der Waals surface area contributed by atoms with Gasteiger partial charge in [-0.15, -0.1) is 0 Å². The van der Waals surface area contributed by atoms with E-state index in [1.807, 2.05) is 38.1 Å². The monoisotopic (exact) mass is 327 g/mol. The Hall–Kier alpha value is -2.96. The van der Waals surface area contributed by atoms with Crippen LogP contribution in [-0.2, 0) is 13.0 Å². The Morgan fingerprint density at radius 2 is 2.12 bits per heavy atom. The fourth-order valence-electron chi connectivity index (χ4n) is 2.23. The van der Waals surface area contributed by atoms with Crippen LogP contribution in [0, 0.1) is 12.5 Å². The number of nitrogens with zero attached hydrogens (tertiary/aromatic N) is 3. The summed E-state index contributed by atoms with van der Waals surface area (Å²) < 4.78 is 5.91. The summed E-state index contributed by atoms with van der Waals surface area (Å²) in [6.07, 6.45) is 2.36. The van der Waals surface area contributed by atoms with Gasteiger partial charge in [-0.25, -0.2) is 4.79 Å². The standard InChI is InChI=1S/C17H21N5O2/c1-4-14-13(11-24-16-8-6-5-7-12(16)2)15(9-10-19-14)20-17(23)22(3)21-18/h5-10,18H,4,11H2,1-3H3,(H,19,20,23). The van der Waals surface area contributed by atoms with Crippen molar-refractivity contribution in [1.29, 1.82) is 5.53 Å².